The molecule has 1 unspecified atom stereocenters. The largest absolute Gasteiger partial charge is 0.496 e. The van der Waals surface area contributed by atoms with Crippen LogP contribution < -0.4 is 30.1 Å². The second kappa shape index (κ2) is 16.5. The molecule has 59 heavy (non-hydrogen) atoms. The van der Waals surface area contributed by atoms with Gasteiger partial charge in [0.25, 0.3) is 17.4 Å². The van der Waals surface area contributed by atoms with Crippen LogP contribution in [0.15, 0.2) is 53.6 Å². The van der Waals surface area contributed by atoms with Gasteiger partial charge in [-0.1, -0.05) is 0 Å². The second-order valence-corrected chi connectivity index (χ2v) is 16.3. The molecule has 15 heteroatoms. The molecule has 310 valence electrons. The molecule has 3 saturated heterocycles. The van der Waals surface area contributed by atoms with E-state index in [0.29, 0.717) is 28.2 Å². The number of methoxy groups -OCH3 is 2. The van der Waals surface area contributed by atoms with Gasteiger partial charge < -0.3 is 28.7 Å². The Kier molecular flexibility index (Phi) is 11.2. The highest BCUT2D eigenvalue weighted by molar-refractivity contribution is 6.23. The number of carbonyl (C=O) groups is 4. The quantitative estimate of drug-likeness (QED) is 0.221. The number of aryl methyl sites for hydroxylation is 1. The first-order chi connectivity index (χ1) is 28.4. The zero-order chi connectivity index (χ0) is 41.5. The van der Waals surface area contributed by atoms with Gasteiger partial charge in [-0.15, -0.1) is 0 Å². The molecule has 15 nitrogen and oxygen atoms in total. The summed E-state index contributed by atoms with van der Waals surface area (Å²) in [6.45, 7) is 7.37. The number of rotatable bonds is 11. The minimum atomic E-state index is -0.967. The number of benzene rings is 2. The number of aromatic nitrogens is 2. The van der Waals surface area contributed by atoms with Crippen molar-refractivity contribution in [3.05, 3.63) is 75.8 Å². The highest BCUT2D eigenvalue weighted by Gasteiger charge is 2.45. The molecule has 2 aromatic carbocycles. The molecular weight excluding hydrogens is 753 g/mol. The third-order valence-electron chi connectivity index (χ3n) is 12.5. The van der Waals surface area contributed by atoms with E-state index in [2.05, 4.69) is 31.1 Å². The van der Waals surface area contributed by atoms with Crippen LogP contribution in [-0.4, -0.2) is 128 Å². The first kappa shape index (κ1) is 40.0. The fourth-order valence-electron chi connectivity index (χ4n) is 9.02. The van der Waals surface area contributed by atoms with Crippen LogP contribution in [0.3, 0.4) is 0 Å². The summed E-state index contributed by atoms with van der Waals surface area (Å²) in [6, 6.07) is 10.4. The minimum Gasteiger partial charge on any atom is -0.496 e. The maximum absolute atomic E-state index is 13.4. The van der Waals surface area contributed by atoms with Crippen molar-refractivity contribution in [3.8, 4) is 22.6 Å². The average molecular weight is 805 g/mol. The fourth-order valence-corrected chi connectivity index (χ4v) is 9.02. The van der Waals surface area contributed by atoms with Gasteiger partial charge in [-0.3, -0.25) is 39.1 Å². The number of anilines is 2. The van der Waals surface area contributed by atoms with E-state index in [1.54, 1.807) is 44.2 Å². The number of piperidine rings is 2. The van der Waals surface area contributed by atoms with Gasteiger partial charge >= 0.3 is 0 Å². The van der Waals surface area contributed by atoms with E-state index in [1.165, 1.54) is 0 Å². The van der Waals surface area contributed by atoms with Crippen molar-refractivity contribution in [2.75, 3.05) is 83.9 Å². The fraction of sp³-hybridized carbons (Fsp3) is 0.455. The molecule has 4 aliphatic rings. The number of hydrogen-bond donors (Lipinski definition) is 1. The lowest BCUT2D eigenvalue weighted by Crippen LogP contribution is -2.54. The van der Waals surface area contributed by atoms with E-state index < -0.39 is 23.8 Å². The first-order valence-electron chi connectivity index (χ1n) is 20.4. The van der Waals surface area contributed by atoms with E-state index in [-0.39, 0.29) is 24.3 Å². The molecule has 4 aliphatic heterocycles. The normalized spacial score (nSPS) is 19.4. The van der Waals surface area contributed by atoms with E-state index in [0.717, 1.165) is 116 Å². The number of piperazine rings is 1. The lowest BCUT2D eigenvalue weighted by molar-refractivity contribution is -0.136. The third-order valence-corrected chi connectivity index (χ3v) is 12.5. The van der Waals surface area contributed by atoms with Gasteiger partial charge in [0.2, 0.25) is 11.8 Å². The van der Waals surface area contributed by atoms with Crippen LogP contribution in [0, 0.1) is 5.92 Å². The van der Waals surface area contributed by atoms with Gasteiger partial charge in [0.1, 0.15) is 23.4 Å². The van der Waals surface area contributed by atoms with Crippen molar-refractivity contribution in [1.82, 2.24) is 29.6 Å². The van der Waals surface area contributed by atoms with Crippen LogP contribution in [0.1, 0.15) is 58.4 Å². The number of amides is 4. The number of ether oxygens (including phenoxy) is 2. The molecule has 0 saturated carbocycles. The molecule has 2 aromatic heterocycles. The Morgan fingerprint density at radius 2 is 1.49 bits per heavy atom. The molecule has 6 heterocycles. The molecule has 0 radical (unpaired) electrons. The average Bonchev–Trinajstić information content (AvgIpc) is 3.49. The van der Waals surface area contributed by atoms with Gasteiger partial charge in [-0.05, 0) is 74.5 Å². The summed E-state index contributed by atoms with van der Waals surface area (Å²) in [5.74, 6) is 0.903. The summed E-state index contributed by atoms with van der Waals surface area (Å²) < 4.78 is 13.5. The van der Waals surface area contributed by atoms with Gasteiger partial charge in [0.15, 0.2) is 0 Å². The lowest BCUT2D eigenvalue weighted by Gasteiger charge is -2.37. The van der Waals surface area contributed by atoms with Crippen LogP contribution in [0.4, 0.5) is 11.5 Å². The van der Waals surface area contributed by atoms with Crippen LogP contribution in [-0.2, 0) is 23.2 Å². The number of carbonyl (C=O) groups excluding carboxylic acids is 4. The minimum absolute atomic E-state index is 0.0962. The van der Waals surface area contributed by atoms with Crippen molar-refractivity contribution >= 4 is 45.9 Å². The second-order valence-electron chi connectivity index (χ2n) is 16.3. The van der Waals surface area contributed by atoms with Crippen LogP contribution in [0.25, 0.3) is 21.9 Å². The predicted octanol–water partition coefficient (Wildman–Crippen LogP) is 3.51. The van der Waals surface area contributed by atoms with Crippen molar-refractivity contribution in [2.45, 2.75) is 44.7 Å². The standard InChI is InChI=1S/C44H52N8O7/c1-47(2)39-23-31-34(24-45-39)42(55)48(3)26-35(31)32-22-37(58-4)28(20-38(32)59-5)25-50-18-16-49(17-19-50)13-10-27-11-14-51(15-12-27)29-6-7-30-33(21-29)44(57)52(43(30)56)36-8-9-40(53)46-41(36)54/h6-7,20-24,26-27,36H,8-19,25H2,1-5H3,(H,46,53,54). The third kappa shape index (κ3) is 7.76. The molecule has 8 rings (SSSR count). The topological polar surface area (TPSA) is 150 Å². The Balaban J connectivity index is 0.848. The Labute approximate surface area is 343 Å². The Morgan fingerprint density at radius 1 is 0.780 bits per heavy atom. The van der Waals surface area contributed by atoms with Crippen molar-refractivity contribution < 1.29 is 28.7 Å². The lowest BCUT2D eigenvalue weighted by atomic mass is 9.92. The Bertz CT molecular complexity index is 2380. The van der Waals surface area contributed by atoms with Gasteiger partial charge in [0, 0.05) is 114 Å². The molecule has 1 N–H and O–H groups in total. The number of nitrogens with one attached hydrogen (secondary N) is 1. The SMILES string of the molecule is COc1cc(-c2cn(C)c(=O)c3cnc(N(C)C)cc23)c(OC)cc1CN1CCN(CCC2CCN(c3ccc4c(c3)C(=O)N(C3CCC(=O)NC3=O)C4=O)CC2)CC1. The van der Waals surface area contributed by atoms with Crippen LogP contribution in [0.5, 0.6) is 11.5 Å². The van der Waals surface area contributed by atoms with Gasteiger partial charge in [-0.2, -0.15) is 0 Å². The number of nitrogens with zero attached hydrogens (tertiary/aromatic N) is 7. The molecule has 4 amide bonds. The van der Waals surface area contributed by atoms with E-state index >= 15 is 0 Å². The zero-order valence-electron chi connectivity index (χ0n) is 34.5. The Hall–Kier alpha value is -5.80. The maximum Gasteiger partial charge on any atom is 0.262 e. The van der Waals surface area contributed by atoms with Gasteiger partial charge in [0.05, 0.1) is 30.7 Å². The molecule has 0 aliphatic carbocycles. The van der Waals surface area contributed by atoms with E-state index in [9.17, 15) is 24.0 Å². The highest BCUT2D eigenvalue weighted by atomic mass is 16.5. The van der Waals surface area contributed by atoms with Crippen molar-refractivity contribution in [1.29, 1.82) is 0 Å². The summed E-state index contributed by atoms with van der Waals surface area (Å²) in [7, 11) is 8.97. The molecule has 0 spiro atoms. The summed E-state index contributed by atoms with van der Waals surface area (Å²) in [5, 5.41) is 3.60. The predicted molar refractivity (Wildman–Crippen MR) is 224 cm³/mol. The number of fused-ring (bicyclic) bond motifs is 2. The molecule has 0 bridgehead atoms. The molecule has 3 fully saturated rings. The van der Waals surface area contributed by atoms with Crippen molar-refractivity contribution in [3.63, 3.8) is 0 Å². The smallest absolute Gasteiger partial charge is 0.262 e. The number of imide groups is 2. The summed E-state index contributed by atoms with van der Waals surface area (Å²) in [5.41, 5.74) is 4.18. The summed E-state index contributed by atoms with van der Waals surface area (Å²) in [4.78, 5) is 78.4. The summed E-state index contributed by atoms with van der Waals surface area (Å²) >= 11 is 0. The van der Waals surface area contributed by atoms with E-state index in [1.807, 2.05) is 43.4 Å². The zero-order valence-corrected chi connectivity index (χ0v) is 34.5. The Morgan fingerprint density at radius 3 is 2.19 bits per heavy atom. The highest BCUT2D eigenvalue weighted by Crippen LogP contribution is 2.40. The molecule has 1 atom stereocenters. The number of pyridine rings is 2. The van der Waals surface area contributed by atoms with E-state index in [4.69, 9.17) is 9.47 Å². The monoisotopic (exact) mass is 804 g/mol. The summed E-state index contributed by atoms with van der Waals surface area (Å²) in [6.07, 6.45) is 6.96. The van der Waals surface area contributed by atoms with Gasteiger partial charge in [-0.25, -0.2) is 4.98 Å². The van der Waals surface area contributed by atoms with Crippen molar-refractivity contribution in [2.24, 2.45) is 13.0 Å². The van der Waals surface area contributed by atoms with Crippen LogP contribution >= 0.6 is 0 Å². The number of hydrogen-bond acceptors (Lipinski definition) is 12. The maximum atomic E-state index is 13.4. The molecule has 4 aromatic rings. The first-order valence-corrected chi connectivity index (χ1v) is 20.4. The molecular formula is C44H52N8O7. The van der Waals surface area contributed by atoms with Crippen LogP contribution in [0.2, 0.25) is 0 Å².